The average molecular weight is 426 g/mol. The molecular formula is C24H38N2O4. The molecule has 2 N–H and O–H groups in total. The van der Waals surface area contributed by atoms with Crippen molar-refractivity contribution < 1.29 is 28.6 Å². The SMILES string of the molecule is [2H]C([2H])([2H])Oc1cc2c(cc1OC)C1CC(OC(=O)[C@@H](N)C(C)C)C(CC(C)C)CN1C([2H])([2H])C2([2H])[2H]. The van der Waals surface area contributed by atoms with E-state index in [1.54, 1.807) is 0 Å². The Morgan fingerprint density at radius 1 is 1.30 bits per heavy atom. The molecule has 3 rings (SSSR count). The second-order valence-electron chi connectivity index (χ2n) is 8.97. The lowest BCUT2D eigenvalue weighted by molar-refractivity contribution is -0.160. The van der Waals surface area contributed by atoms with E-state index in [2.05, 4.69) is 0 Å². The zero-order chi connectivity index (χ0) is 28.1. The summed E-state index contributed by atoms with van der Waals surface area (Å²) in [6.07, 6.45) is -2.18. The van der Waals surface area contributed by atoms with Crippen LogP contribution in [0.4, 0.5) is 0 Å². The van der Waals surface area contributed by atoms with Gasteiger partial charge in [-0.3, -0.25) is 9.69 Å². The molecule has 0 spiro atoms. The lowest BCUT2D eigenvalue weighted by atomic mass is 9.79. The van der Waals surface area contributed by atoms with E-state index in [1.807, 2.05) is 27.7 Å². The molecule has 2 aliphatic rings. The maximum absolute atomic E-state index is 12.8. The first-order valence-corrected chi connectivity index (χ1v) is 10.5. The summed E-state index contributed by atoms with van der Waals surface area (Å²) in [5.74, 6) is -0.737. The van der Waals surface area contributed by atoms with Gasteiger partial charge in [0.05, 0.1) is 18.3 Å². The summed E-state index contributed by atoms with van der Waals surface area (Å²) in [6, 6.07) is 1.27. The zero-order valence-electron chi connectivity index (χ0n) is 25.4. The van der Waals surface area contributed by atoms with Crippen LogP contribution in [0.2, 0.25) is 0 Å². The first kappa shape index (κ1) is 15.1. The van der Waals surface area contributed by atoms with Crippen molar-refractivity contribution in [2.24, 2.45) is 23.5 Å². The summed E-state index contributed by atoms with van der Waals surface area (Å²) in [5.41, 5.74) is 6.46. The third-order valence-electron chi connectivity index (χ3n) is 5.96. The topological polar surface area (TPSA) is 74.0 Å². The van der Waals surface area contributed by atoms with Gasteiger partial charge in [-0.05, 0) is 47.9 Å². The third kappa shape index (κ3) is 4.75. The normalized spacial score (nSPS) is 32.1. The van der Waals surface area contributed by atoms with E-state index < -0.39 is 44.1 Å². The summed E-state index contributed by atoms with van der Waals surface area (Å²) in [5, 5.41) is 0. The summed E-state index contributed by atoms with van der Waals surface area (Å²) < 4.78 is 74.0. The molecule has 0 amide bonds. The minimum Gasteiger partial charge on any atom is -0.493 e. The summed E-state index contributed by atoms with van der Waals surface area (Å²) in [6.45, 7) is 5.45. The largest absolute Gasteiger partial charge is 0.493 e. The number of hydrogen-bond donors (Lipinski definition) is 1. The fraction of sp³-hybridized carbons (Fsp3) is 0.708. The van der Waals surface area contributed by atoms with Crippen LogP contribution in [0, 0.1) is 17.8 Å². The molecule has 1 aromatic rings. The second kappa shape index (κ2) is 9.56. The van der Waals surface area contributed by atoms with Gasteiger partial charge >= 0.3 is 5.97 Å². The third-order valence-corrected chi connectivity index (χ3v) is 5.96. The number of methoxy groups -OCH3 is 2. The first-order chi connectivity index (χ1) is 16.9. The van der Waals surface area contributed by atoms with Gasteiger partial charge in [-0.25, -0.2) is 0 Å². The number of benzene rings is 1. The Balaban J connectivity index is 2.11. The van der Waals surface area contributed by atoms with E-state index in [9.17, 15) is 4.79 Å². The molecule has 0 bridgehead atoms. The molecule has 2 aliphatic heterocycles. The van der Waals surface area contributed by atoms with E-state index >= 15 is 0 Å². The fourth-order valence-electron chi connectivity index (χ4n) is 4.26. The van der Waals surface area contributed by atoms with E-state index in [-0.39, 0.29) is 47.8 Å². The summed E-state index contributed by atoms with van der Waals surface area (Å²) in [4.78, 5) is 14.3. The molecule has 4 atom stereocenters. The van der Waals surface area contributed by atoms with Gasteiger partial charge in [0.2, 0.25) is 0 Å². The molecule has 1 aromatic carbocycles. The highest BCUT2D eigenvalue weighted by Gasteiger charge is 2.41. The van der Waals surface area contributed by atoms with Crippen LogP contribution in [0.5, 0.6) is 11.5 Å². The number of ether oxygens (including phenoxy) is 3. The molecule has 1 saturated heterocycles. The quantitative estimate of drug-likeness (QED) is 0.673. The number of nitrogens with two attached hydrogens (primary N) is 1. The van der Waals surface area contributed by atoms with Gasteiger partial charge in [0.25, 0.3) is 0 Å². The zero-order valence-corrected chi connectivity index (χ0v) is 18.4. The minimum atomic E-state index is -2.81. The van der Waals surface area contributed by atoms with Crippen LogP contribution in [-0.4, -0.2) is 50.2 Å². The second-order valence-corrected chi connectivity index (χ2v) is 8.97. The fourth-order valence-corrected chi connectivity index (χ4v) is 4.26. The van der Waals surface area contributed by atoms with Gasteiger partial charge in [-0.15, -0.1) is 0 Å². The number of esters is 1. The predicted octanol–water partition coefficient (Wildman–Crippen LogP) is 3.56. The molecule has 6 heteroatoms. The highest BCUT2D eigenvalue weighted by atomic mass is 16.5. The molecule has 0 aliphatic carbocycles. The maximum atomic E-state index is 12.8. The van der Waals surface area contributed by atoms with Gasteiger partial charge in [-0.1, -0.05) is 27.7 Å². The number of nitrogens with zero attached hydrogens (tertiary/aromatic N) is 1. The van der Waals surface area contributed by atoms with E-state index in [0.29, 0.717) is 12.0 Å². The standard InChI is InChI=1S/C24H38N2O4/c1-14(2)9-17-13-26-8-7-16-10-21(28-5)22(29-6)11-18(16)19(26)12-20(17)30-24(27)23(25)15(3)4/h10-11,14-15,17,19-20,23H,7-9,12-13,25H2,1-6H3/t17?,19?,20?,23-/m0/s1/i5D3,7D2,8D2. The first-order valence-electron chi connectivity index (χ1n) is 14.0. The molecule has 1 fully saturated rings. The van der Waals surface area contributed by atoms with Crippen LogP contribution in [0.1, 0.15) is 67.3 Å². The Morgan fingerprint density at radius 2 is 2.03 bits per heavy atom. The molecule has 0 aromatic heterocycles. The van der Waals surface area contributed by atoms with Crippen LogP contribution in [-0.2, 0) is 15.9 Å². The molecule has 6 nitrogen and oxygen atoms in total. The van der Waals surface area contributed by atoms with Crippen molar-refractivity contribution in [1.82, 2.24) is 4.90 Å². The van der Waals surface area contributed by atoms with Crippen molar-refractivity contribution in [3.63, 3.8) is 0 Å². The molecule has 30 heavy (non-hydrogen) atoms. The minimum absolute atomic E-state index is 0.0231. The summed E-state index contributed by atoms with van der Waals surface area (Å²) in [7, 11) is -1.46. The van der Waals surface area contributed by atoms with Crippen LogP contribution in [0.15, 0.2) is 12.1 Å². The number of fused-ring (bicyclic) bond motifs is 3. The molecular weight excluding hydrogens is 380 g/mol. The number of carbonyl (C=O) groups excluding carboxylic acids is 1. The van der Waals surface area contributed by atoms with Crippen molar-refractivity contribution in [2.75, 3.05) is 27.2 Å². The van der Waals surface area contributed by atoms with Gasteiger partial charge in [0.15, 0.2) is 11.5 Å². The van der Waals surface area contributed by atoms with Gasteiger partial charge in [-0.2, -0.15) is 0 Å². The predicted molar refractivity (Wildman–Crippen MR) is 118 cm³/mol. The highest BCUT2D eigenvalue weighted by Crippen LogP contribution is 2.44. The number of piperidine rings is 1. The molecule has 0 saturated carbocycles. The Hall–Kier alpha value is -1.79. The van der Waals surface area contributed by atoms with Crippen molar-refractivity contribution in [3.05, 3.63) is 23.3 Å². The molecule has 2 heterocycles. The van der Waals surface area contributed by atoms with Crippen LogP contribution in [0.3, 0.4) is 0 Å². The number of aryl methyl sites for hydroxylation is 1. The van der Waals surface area contributed by atoms with Gasteiger partial charge in [0.1, 0.15) is 12.1 Å². The Kier molecular flexibility index (Phi) is 4.81. The van der Waals surface area contributed by atoms with Crippen molar-refractivity contribution in [2.45, 2.75) is 65.1 Å². The molecule has 3 unspecified atom stereocenters. The van der Waals surface area contributed by atoms with Crippen LogP contribution < -0.4 is 15.2 Å². The van der Waals surface area contributed by atoms with Crippen molar-refractivity contribution >= 4 is 5.97 Å². The number of carbonyl (C=O) groups is 1. The smallest absolute Gasteiger partial charge is 0.323 e. The number of hydrogen-bond acceptors (Lipinski definition) is 6. The average Bonchev–Trinajstić information content (AvgIpc) is 2.76. The van der Waals surface area contributed by atoms with Crippen LogP contribution in [0.25, 0.3) is 0 Å². The molecule has 168 valence electrons. The van der Waals surface area contributed by atoms with E-state index in [0.717, 1.165) is 0 Å². The van der Waals surface area contributed by atoms with Crippen LogP contribution >= 0.6 is 0 Å². The lowest BCUT2D eigenvalue weighted by Gasteiger charge is -2.47. The Bertz CT molecular complexity index is 1000. The summed E-state index contributed by atoms with van der Waals surface area (Å²) >= 11 is 0. The lowest BCUT2D eigenvalue weighted by Crippen LogP contribution is -2.51. The molecule has 0 radical (unpaired) electrons. The van der Waals surface area contributed by atoms with E-state index in [1.165, 1.54) is 24.1 Å². The van der Waals surface area contributed by atoms with E-state index in [4.69, 9.17) is 29.5 Å². The van der Waals surface area contributed by atoms with Crippen molar-refractivity contribution in [3.8, 4) is 11.5 Å². The number of rotatable bonds is 7. The highest BCUT2D eigenvalue weighted by molar-refractivity contribution is 5.76. The monoisotopic (exact) mass is 425 g/mol. The van der Waals surface area contributed by atoms with Gasteiger partial charge in [0, 0.05) is 36.9 Å². The Labute approximate surface area is 190 Å². The van der Waals surface area contributed by atoms with Gasteiger partial charge < -0.3 is 19.9 Å². The maximum Gasteiger partial charge on any atom is 0.323 e. The van der Waals surface area contributed by atoms with Crippen molar-refractivity contribution in [1.29, 1.82) is 0 Å². The Morgan fingerprint density at radius 3 is 2.67 bits per heavy atom.